The molecule has 1 fully saturated rings. The van der Waals surface area contributed by atoms with Gasteiger partial charge >= 0.3 is 6.18 Å². The number of alkyl halides is 3. The zero-order chi connectivity index (χ0) is 22.8. The van der Waals surface area contributed by atoms with Gasteiger partial charge in [0.25, 0.3) is 0 Å². The van der Waals surface area contributed by atoms with E-state index in [1.807, 2.05) is 0 Å². The van der Waals surface area contributed by atoms with Crippen LogP contribution in [0.2, 0.25) is 5.02 Å². The van der Waals surface area contributed by atoms with Crippen molar-refractivity contribution < 1.29 is 23.1 Å². The first-order valence-corrected chi connectivity index (χ1v) is 11.0. The Kier molecular flexibility index (Phi) is 7.48. The van der Waals surface area contributed by atoms with Crippen molar-refractivity contribution in [3.05, 3.63) is 49.5 Å². The van der Waals surface area contributed by atoms with Crippen molar-refractivity contribution in [1.82, 2.24) is 10.4 Å². The van der Waals surface area contributed by atoms with Gasteiger partial charge in [0.15, 0.2) is 0 Å². The number of aromatic nitrogens is 1. The zero-order valence-electron chi connectivity index (χ0n) is 15.8. The number of nitrogens with zero attached hydrogens (tertiary/aromatic N) is 3. The summed E-state index contributed by atoms with van der Waals surface area (Å²) >= 11 is 12.4. The Labute approximate surface area is 197 Å². The predicted molar refractivity (Wildman–Crippen MR) is 118 cm³/mol. The van der Waals surface area contributed by atoms with Gasteiger partial charge < -0.3 is 10.0 Å². The third-order valence-corrected chi connectivity index (χ3v) is 6.23. The van der Waals surface area contributed by atoms with Crippen molar-refractivity contribution in [2.24, 2.45) is 11.0 Å². The molecule has 2 heterocycles. The van der Waals surface area contributed by atoms with E-state index in [9.17, 15) is 23.1 Å². The van der Waals surface area contributed by atoms with Crippen molar-refractivity contribution in [3.8, 4) is 5.75 Å². The van der Waals surface area contributed by atoms with Gasteiger partial charge in [0.05, 0.1) is 25.7 Å². The lowest BCUT2D eigenvalue weighted by Crippen LogP contribution is -2.39. The first kappa shape index (κ1) is 23.8. The molecule has 1 saturated heterocycles. The Morgan fingerprint density at radius 3 is 2.42 bits per heavy atom. The van der Waals surface area contributed by atoms with Crippen molar-refractivity contribution in [1.29, 1.82) is 0 Å². The molecule has 6 nitrogen and oxygen atoms in total. The quantitative estimate of drug-likeness (QED) is 0.375. The Morgan fingerprint density at radius 2 is 1.87 bits per heavy atom. The van der Waals surface area contributed by atoms with Gasteiger partial charge in [-0.1, -0.05) is 11.6 Å². The molecule has 31 heavy (non-hydrogen) atoms. The van der Waals surface area contributed by atoms with Crippen LogP contribution in [0.1, 0.15) is 24.0 Å². The fourth-order valence-electron chi connectivity index (χ4n) is 3.09. The minimum atomic E-state index is -4.51. The first-order chi connectivity index (χ1) is 14.6. The SMILES string of the molecule is O=C(N/N=C/c1cc(Br)c(O)c(Br)c1)C1CCN(c2ncc(C(F)(F)F)cc2Cl)CC1. The van der Waals surface area contributed by atoms with Crippen LogP contribution >= 0.6 is 43.5 Å². The van der Waals surface area contributed by atoms with E-state index in [-0.39, 0.29) is 28.4 Å². The van der Waals surface area contributed by atoms with Gasteiger partial charge in [0.2, 0.25) is 5.91 Å². The highest BCUT2D eigenvalue weighted by Gasteiger charge is 2.33. The number of phenolic OH excluding ortho intramolecular Hbond substituents is 1. The number of hydrazone groups is 1. The van der Waals surface area contributed by atoms with Crippen LogP contribution in [-0.2, 0) is 11.0 Å². The minimum Gasteiger partial charge on any atom is -0.506 e. The van der Waals surface area contributed by atoms with E-state index < -0.39 is 11.7 Å². The number of nitrogens with one attached hydrogen (secondary N) is 1. The van der Waals surface area contributed by atoms with Crippen LogP contribution in [0.4, 0.5) is 19.0 Å². The molecule has 0 saturated carbocycles. The third kappa shape index (κ3) is 5.89. The molecule has 1 aromatic heterocycles. The second-order valence-electron chi connectivity index (χ2n) is 6.86. The Hall–Kier alpha value is -1.85. The third-order valence-electron chi connectivity index (χ3n) is 4.74. The smallest absolute Gasteiger partial charge is 0.417 e. The lowest BCUT2D eigenvalue weighted by molar-refractivity contribution is -0.137. The number of phenols is 1. The molecule has 0 radical (unpaired) electrons. The van der Waals surface area contributed by atoms with E-state index in [2.05, 4.69) is 47.4 Å². The van der Waals surface area contributed by atoms with Crippen molar-refractivity contribution in [2.45, 2.75) is 19.0 Å². The summed E-state index contributed by atoms with van der Waals surface area (Å²) in [5, 5.41) is 13.6. The maximum absolute atomic E-state index is 12.8. The molecule has 1 aliphatic rings. The molecule has 1 aliphatic heterocycles. The molecule has 0 bridgehead atoms. The number of benzene rings is 1. The number of pyridine rings is 1. The standard InChI is InChI=1S/C19H16Br2ClF3N4O2/c20-13-5-10(6-14(21)16(13)30)8-27-28-18(31)11-1-3-29(4-2-11)17-15(22)7-12(9-26-17)19(23,24)25/h5-9,11,30H,1-4H2,(H,28,31)/b27-8+. The summed E-state index contributed by atoms with van der Waals surface area (Å²) in [4.78, 5) is 18.0. The number of halogens is 6. The molecule has 0 spiro atoms. The van der Waals surface area contributed by atoms with Crippen molar-refractivity contribution >= 4 is 61.4 Å². The van der Waals surface area contributed by atoms with E-state index in [1.54, 1.807) is 17.0 Å². The largest absolute Gasteiger partial charge is 0.506 e. The fraction of sp³-hybridized carbons (Fsp3) is 0.316. The fourth-order valence-corrected chi connectivity index (χ4v) is 4.60. The number of aromatic hydroxyl groups is 1. The number of piperidine rings is 1. The first-order valence-electron chi connectivity index (χ1n) is 9.05. The van der Waals surface area contributed by atoms with Crippen LogP contribution in [0, 0.1) is 5.92 Å². The normalized spacial score (nSPS) is 15.5. The predicted octanol–water partition coefficient (Wildman–Crippen LogP) is 5.35. The average molecular weight is 585 g/mol. The maximum atomic E-state index is 12.8. The Balaban J connectivity index is 1.55. The molecule has 166 valence electrons. The summed E-state index contributed by atoms with van der Waals surface area (Å²) in [6.07, 6.45) is -1.33. The van der Waals surface area contributed by atoms with E-state index in [1.165, 1.54) is 6.21 Å². The lowest BCUT2D eigenvalue weighted by atomic mass is 9.96. The van der Waals surface area contributed by atoms with Gasteiger partial charge in [-0.2, -0.15) is 18.3 Å². The second-order valence-corrected chi connectivity index (χ2v) is 8.97. The number of carbonyl (C=O) groups is 1. The topological polar surface area (TPSA) is 77.8 Å². The molecule has 2 N–H and O–H groups in total. The molecule has 0 atom stereocenters. The number of hydrogen-bond donors (Lipinski definition) is 2. The van der Waals surface area contributed by atoms with Crippen molar-refractivity contribution in [2.75, 3.05) is 18.0 Å². The molecule has 12 heteroatoms. The molecular weight excluding hydrogens is 568 g/mol. The van der Waals surface area contributed by atoms with Gasteiger partial charge in [0, 0.05) is 25.2 Å². The maximum Gasteiger partial charge on any atom is 0.417 e. The van der Waals surface area contributed by atoms with Gasteiger partial charge in [0.1, 0.15) is 11.6 Å². The van der Waals surface area contributed by atoms with Crippen LogP contribution in [0.5, 0.6) is 5.75 Å². The summed E-state index contributed by atoms with van der Waals surface area (Å²) in [5.74, 6) is -0.204. The van der Waals surface area contributed by atoms with Gasteiger partial charge in [-0.25, -0.2) is 10.4 Å². The van der Waals surface area contributed by atoms with Crippen LogP contribution in [-0.4, -0.2) is 35.3 Å². The molecule has 0 unspecified atom stereocenters. The van der Waals surface area contributed by atoms with E-state index in [0.717, 1.165) is 12.3 Å². The average Bonchev–Trinajstić information content (AvgIpc) is 2.71. The van der Waals surface area contributed by atoms with E-state index in [4.69, 9.17) is 11.6 Å². The molecule has 1 amide bonds. The van der Waals surface area contributed by atoms with Crippen LogP contribution in [0.25, 0.3) is 0 Å². The van der Waals surface area contributed by atoms with Gasteiger partial charge in [-0.05, 0) is 68.5 Å². The monoisotopic (exact) mass is 582 g/mol. The van der Waals surface area contributed by atoms with Crippen LogP contribution in [0.3, 0.4) is 0 Å². The van der Waals surface area contributed by atoms with E-state index >= 15 is 0 Å². The Morgan fingerprint density at radius 1 is 1.26 bits per heavy atom. The number of anilines is 1. The highest BCUT2D eigenvalue weighted by Crippen LogP contribution is 2.35. The number of hydrogen-bond acceptors (Lipinski definition) is 5. The van der Waals surface area contributed by atoms with Crippen molar-refractivity contribution in [3.63, 3.8) is 0 Å². The highest BCUT2D eigenvalue weighted by atomic mass is 79.9. The van der Waals surface area contributed by atoms with Gasteiger partial charge in [-0.15, -0.1) is 0 Å². The highest BCUT2D eigenvalue weighted by molar-refractivity contribution is 9.11. The molecule has 1 aromatic carbocycles. The molecule has 2 aromatic rings. The Bertz CT molecular complexity index is 989. The summed E-state index contributed by atoms with van der Waals surface area (Å²) in [6, 6.07) is 4.15. The van der Waals surface area contributed by atoms with Crippen LogP contribution in [0.15, 0.2) is 38.4 Å². The summed E-state index contributed by atoms with van der Waals surface area (Å²) in [6.45, 7) is 0.857. The summed E-state index contributed by atoms with van der Waals surface area (Å²) in [7, 11) is 0. The van der Waals surface area contributed by atoms with E-state index in [0.29, 0.717) is 40.4 Å². The molecule has 0 aliphatic carbocycles. The van der Waals surface area contributed by atoms with Crippen LogP contribution < -0.4 is 10.3 Å². The number of amides is 1. The molecular formula is C19H16Br2ClF3N4O2. The summed E-state index contributed by atoms with van der Waals surface area (Å²) < 4.78 is 39.3. The zero-order valence-corrected chi connectivity index (χ0v) is 19.7. The second kappa shape index (κ2) is 9.74. The van der Waals surface area contributed by atoms with Gasteiger partial charge in [-0.3, -0.25) is 4.79 Å². The number of carbonyl (C=O) groups excluding carboxylic acids is 1. The molecule has 3 rings (SSSR count). The summed E-state index contributed by atoms with van der Waals surface area (Å²) in [5.41, 5.74) is 2.26. The minimum absolute atomic E-state index is 0.0654. The number of rotatable bonds is 4. The lowest BCUT2D eigenvalue weighted by Gasteiger charge is -2.32.